The Bertz CT molecular complexity index is 137. The van der Waals surface area contributed by atoms with Crippen LogP contribution < -0.4 is 5.32 Å². The Morgan fingerprint density at radius 3 is 2.60 bits per heavy atom. The highest BCUT2D eigenvalue weighted by molar-refractivity contribution is 5.85. The standard InChI is InChI=1S/C6H10N2O.ClH/c7-4-6(9)2-1-3-8-5-6;/h8-9H,1-3,5H2;1H. The molecular formula is C6H11ClN2O. The average molecular weight is 163 g/mol. The summed E-state index contributed by atoms with van der Waals surface area (Å²) in [6, 6.07) is 1.87. The van der Waals surface area contributed by atoms with Gasteiger partial charge in [0.25, 0.3) is 0 Å². The SMILES string of the molecule is Cl.N#CC1(O)CCCNC1. The van der Waals surface area contributed by atoms with Gasteiger partial charge in [0.15, 0.2) is 5.60 Å². The Hall–Kier alpha value is -0.300. The molecule has 1 aliphatic heterocycles. The van der Waals surface area contributed by atoms with Crippen molar-refractivity contribution >= 4 is 12.4 Å². The van der Waals surface area contributed by atoms with Crippen LogP contribution in [0.4, 0.5) is 0 Å². The van der Waals surface area contributed by atoms with Crippen molar-refractivity contribution in [3.8, 4) is 6.07 Å². The number of nitrogens with one attached hydrogen (secondary N) is 1. The van der Waals surface area contributed by atoms with Crippen molar-refractivity contribution in [1.29, 1.82) is 5.26 Å². The minimum Gasteiger partial charge on any atom is -0.374 e. The number of nitrogens with zero attached hydrogens (tertiary/aromatic N) is 1. The van der Waals surface area contributed by atoms with Crippen LogP contribution in [0.1, 0.15) is 12.8 Å². The first-order chi connectivity index (χ1) is 4.27. The Morgan fingerprint density at radius 2 is 2.30 bits per heavy atom. The topological polar surface area (TPSA) is 56.0 Å². The van der Waals surface area contributed by atoms with Crippen LogP contribution in [0.5, 0.6) is 0 Å². The van der Waals surface area contributed by atoms with E-state index in [4.69, 9.17) is 5.26 Å². The van der Waals surface area contributed by atoms with Crippen molar-refractivity contribution in [3.05, 3.63) is 0 Å². The van der Waals surface area contributed by atoms with Gasteiger partial charge in [0, 0.05) is 6.54 Å². The number of hydrogen-bond acceptors (Lipinski definition) is 3. The molecule has 0 aromatic rings. The summed E-state index contributed by atoms with van der Waals surface area (Å²) in [5.74, 6) is 0. The third kappa shape index (κ3) is 2.14. The second-order valence-electron chi connectivity index (χ2n) is 2.42. The molecule has 1 rings (SSSR count). The molecule has 2 N–H and O–H groups in total. The molecule has 0 amide bonds. The second-order valence-corrected chi connectivity index (χ2v) is 2.42. The molecular weight excluding hydrogens is 152 g/mol. The Balaban J connectivity index is 0.000000810. The minimum atomic E-state index is -1.09. The van der Waals surface area contributed by atoms with Crippen molar-refractivity contribution in [1.82, 2.24) is 5.32 Å². The van der Waals surface area contributed by atoms with E-state index in [2.05, 4.69) is 5.32 Å². The first kappa shape index (κ1) is 9.70. The van der Waals surface area contributed by atoms with E-state index in [1.165, 1.54) is 0 Å². The molecule has 3 nitrogen and oxygen atoms in total. The molecule has 58 valence electrons. The van der Waals surface area contributed by atoms with Gasteiger partial charge < -0.3 is 10.4 Å². The maximum Gasteiger partial charge on any atom is 0.163 e. The molecule has 1 aliphatic rings. The van der Waals surface area contributed by atoms with Crippen molar-refractivity contribution in [2.75, 3.05) is 13.1 Å². The molecule has 1 unspecified atom stereocenters. The van der Waals surface area contributed by atoms with Crippen LogP contribution in [-0.4, -0.2) is 23.8 Å². The maximum absolute atomic E-state index is 9.26. The molecule has 0 aromatic heterocycles. The number of halogens is 1. The van der Waals surface area contributed by atoms with Gasteiger partial charge in [0.2, 0.25) is 0 Å². The number of piperidine rings is 1. The maximum atomic E-state index is 9.26. The van der Waals surface area contributed by atoms with Gasteiger partial charge in [-0.1, -0.05) is 0 Å². The quantitative estimate of drug-likeness (QED) is 0.495. The summed E-state index contributed by atoms with van der Waals surface area (Å²) >= 11 is 0. The van der Waals surface area contributed by atoms with Gasteiger partial charge in [-0.15, -0.1) is 12.4 Å². The smallest absolute Gasteiger partial charge is 0.163 e. The predicted octanol–water partition coefficient (Wildman–Crippen LogP) is 0.0463. The largest absolute Gasteiger partial charge is 0.374 e. The van der Waals surface area contributed by atoms with Crippen LogP contribution >= 0.6 is 12.4 Å². The molecule has 0 saturated carbocycles. The van der Waals surface area contributed by atoms with Gasteiger partial charge in [-0.25, -0.2) is 0 Å². The van der Waals surface area contributed by atoms with Gasteiger partial charge in [0.05, 0.1) is 6.07 Å². The summed E-state index contributed by atoms with van der Waals surface area (Å²) in [5.41, 5.74) is -1.09. The predicted molar refractivity (Wildman–Crippen MR) is 39.9 cm³/mol. The normalized spacial score (nSPS) is 32.0. The van der Waals surface area contributed by atoms with Gasteiger partial charge in [0.1, 0.15) is 0 Å². The van der Waals surface area contributed by atoms with Crippen molar-refractivity contribution in [2.45, 2.75) is 18.4 Å². The third-order valence-corrected chi connectivity index (χ3v) is 1.57. The zero-order valence-electron chi connectivity index (χ0n) is 5.63. The number of aliphatic hydroxyl groups is 1. The highest BCUT2D eigenvalue weighted by Gasteiger charge is 2.27. The van der Waals surface area contributed by atoms with E-state index < -0.39 is 5.60 Å². The van der Waals surface area contributed by atoms with Crippen LogP contribution in [0, 0.1) is 11.3 Å². The molecule has 1 heterocycles. The highest BCUT2D eigenvalue weighted by atomic mass is 35.5. The lowest BCUT2D eigenvalue weighted by Gasteiger charge is -2.25. The number of hydrogen-bond donors (Lipinski definition) is 2. The van der Waals surface area contributed by atoms with Crippen molar-refractivity contribution in [3.63, 3.8) is 0 Å². The van der Waals surface area contributed by atoms with E-state index in [0.29, 0.717) is 13.0 Å². The highest BCUT2D eigenvalue weighted by Crippen LogP contribution is 2.13. The van der Waals surface area contributed by atoms with Crippen LogP contribution in [0.2, 0.25) is 0 Å². The molecule has 0 aliphatic carbocycles. The minimum absolute atomic E-state index is 0. The molecule has 0 radical (unpaired) electrons. The van der Waals surface area contributed by atoms with E-state index in [0.717, 1.165) is 13.0 Å². The van der Waals surface area contributed by atoms with Crippen LogP contribution in [-0.2, 0) is 0 Å². The van der Waals surface area contributed by atoms with E-state index >= 15 is 0 Å². The first-order valence-corrected chi connectivity index (χ1v) is 3.11. The molecule has 0 spiro atoms. The molecule has 0 bridgehead atoms. The lowest BCUT2D eigenvalue weighted by molar-refractivity contribution is 0.0715. The lowest BCUT2D eigenvalue weighted by atomic mass is 9.96. The van der Waals surface area contributed by atoms with Gasteiger partial charge >= 0.3 is 0 Å². The van der Waals surface area contributed by atoms with E-state index in [1.807, 2.05) is 6.07 Å². The Kier molecular flexibility index (Phi) is 3.66. The third-order valence-electron chi connectivity index (χ3n) is 1.57. The fourth-order valence-corrected chi connectivity index (χ4v) is 0.985. The summed E-state index contributed by atoms with van der Waals surface area (Å²) in [4.78, 5) is 0. The van der Waals surface area contributed by atoms with E-state index in [1.54, 1.807) is 0 Å². The Labute approximate surface area is 66.4 Å². The summed E-state index contributed by atoms with van der Waals surface area (Å²) in [6.45, 7) is 1.34. The lowest BCUT2D eigenvalue weighted by Crippen LogP contribution is -2.44. The van der Waals surface area contributed by atoms with Gasteiger partial charge in [-0.2, -0.15) is 5.26 Å². The zero-order chi connectivity index (χ0) is 6.74. The van der Waals surface area contributed by atoms with Gasteiger partial charge in [-0.3, -0.25) is 0 Å². The molecule has 4 heteroatoms. The fourth-order valence-electron chi connectivity index (χ4n) is 0.985. The summed E-state index contributed by atoms with van der Waals surface area (Å²) < 4.78 is 0. The number of nitriles is 1. The van der Waals surface area contributed by atoms with E-state index in [9.17, 15) is 5.11 Å². The summed E-state index contributed by atoms with van der Waals surface area (Å²) in [7, 11) is 0. The van der Waals surface area contributed by atoms with Crippen molar-refractivity contribution in [2.24, 2.45) is 0 Å². The molecule has 1 saturated heterocycles. The first-order valence-electron chi connectivity index (χ1n) is 3.11. The van der Waals surface area contributed by atoms with Crippen LogP contribution in [0.3, 0.4) is 0 Å². The Morgan fingerprint density at radius 1 is 1.60 bits per heavy atom. The monoisotopic (exact) mass is 162 g/mol. The summed E-state index contributed by atoms with van der Waals surface area (Å²) in [5, 5.41) is 20.6. The van der Waals surface area contributed by atoms with Crippen LogP contribution in [0.15, 0.2) is 0 Å². The van der Waals surface area contributed by atoms with Crippen molar-refractivity contribution < 1.29 is 5.11 Å². The van der Waals surface area contributed by atoms with Crippen LogP contribution in [0.25, 0.3) is 0 Å². The fraction of sp³-hybridized carbons (Fsp3) is 0.833. The van der Waals surface area contributed by atoms with E-state index in [-0.39, 0.29) is 12.4 Å². The average Bonchev–Trinajstić information content (AvgIpc) is 1.90. The number of β-amino-alcohol motifs (C(OH)–C–C–N with tert-alkyl or cyclic N) is 1. The summed E-state index contributed by atoms with van der Waals surface area (Å²) in [6.07, 6.45) is 1.50. The molecule has 1 atom stereocenters. The molecule has 0 aromatic carbocycles. The zero-order valence-corrected chi connectivity index (χ0v) is 6.45. The van der Waals surface area contributed by atoms with Gasteiger partial charge in [-0.05, 0) is 19.4 Å². The second kappa shape index (κ2) is 3.77. The number of rotatable bonds is 0. The molecule has 1 fully saturated rings. The molecule has 10 heavy (non-hydrogen) atoms.